The third-order valence-corrected chi connectivity index (χ3v) is 6.45. The summed E-state index contributed by atoms with van der Waals surface area (Å²) in [4.78, 5) is 26.6. The summed E-state index contributed by atoms with van der Waals surface area (Å²) in [5, 5.41) is 12.4. The maximum Gasteiger partial charge on any atom is 0.333 e. The fourth-order valence-electron chi connectivity index (χ4n) is 3.29. The summed E-state index contributed by atoms with van der Waals surface area (Å²) < 4.78 is 7.87. The number of carbonyl (C=O) groups is 2. The lowest BCUT2D eigenvalue weighted by molar-refractivity contribution is -0.113. The van der Waals surface area contributed by atoms with Gasteiger partial charge in [-0.15, -0.1) is 0 Å². The second-order valence-electron chi connectivity index (χ2n) is 6.97. The molecule has 1 aliphatic heterocycles. The van der Waals surface area contributed by atoms with E-state index in [1.807, 2.05) is 24.3 Å². The number of anilines is 1. The van der Waals surface area contributed by atoms with E-state index in [4.69, 9.17) is 16.3 Å². The molecule has 4 rings (SSSR count). The number of hydrogen-bond acceptors (Lipinski definition) is 4. The third-order valence-electron chi connectivity index (χ3n) is 4.79. The van der Waals surface area contributed by atoms with Gasteiger partial charge in [0.05, 0.1) is 20.9 Å². The zero-order chi connectivity index (χ0) is 23.5. The lowest BCUT2D eigenvalue weighted by atomic mass is 10.1. The zero-order valence-electron chi connectivity index (χ0n) is 16.8. The van der Waals surface area contributed by atoms with Crippen molar-refractivity contribution < 1.29 is 14.3 Å². The van der Waals surface area contributed by atoms with E-state index in [1.165, 1.54) is 0 Å². The molecule has 1 heterocycles. The first-order valence-corrected chi connectivity index (χ1v) is 12.1. The van der Waals surface area contributed by atoms with Gasteiger partial charge < -0.3 is 10.1 Å². The number of halogens is 3. The van der Waals surface area contributed by atoms with E-state index in [9.17, 15) is 14.9 Å². The lowest BCUT2D eigenvalue weighted by Crippen LogP contribution is -2.30. The fourth-order valence-corrected chi connectivity index (χ4v) is 5.52. The SMILES string of the molecule is N#Cc1ccccc1COc1c(I)cc(I)cc1/C=C1/NC(=O)N(c2cccc(Cl)c2)C1=O. The molecule has 0 bridgehead atoms. The maximum atomic E-state index is 13.0. The van der Waals surface area contributed by atoms with Crippen molar-refractivity contribution in [2.75, 3.05) is 4.90 Å². The van der Waals surface area contributed by atoms with Gasteiger partial charge in [-0.1, -0.05) is 35.9 Å². The molecule has 0 aliphatic carbocycles. The normalized spacial score (nSPS) is 14.4. The number of nitrogens with one attached hydrogen (secondary N) is 1. The summed E-state index contributed by atoms with van der Waals surface area (Å²) in [6.45, 7) is 0.186. The second kappa shape index (κ2) is 10.1. The quantitative estimate of drug-likeness (QED) is 0.201. The Morgan fingerprint density at radius 1 is 1.09 bits per heavy atom. The van der Waals surface area contributed by atoms with Crippen LogP contribution in [0.2, 0.25) is 5.02 Å². The largest absolute Gasteiger partial charge is 0.487 e. The van der Waals surface area contributed by atoms with Crippen molar-refractivity contribution in [2.24, 2.45) is 0 Å². The van der Waals surface area contributed by atoms with Crippen molar-refractivity contribution in [3.63, 3.8) is 0 Å². The summed E-state index contributed by atoms with van der Waals surface area (Å²) in [5.74, 6) is 0.0661. The van der Waals surface area contributed by atoms with E-state index in [0.29, 0.717) is 27.6 Å². The minimum Gasteiger partial charge on any atom is -0.487 e. The van der Waals surface area contributed by atoms with Gasteiger partial charge in [0.1, 0.15) is 18.1 Å². The van der Waals surface area contributed by atoms with Crippen LogP contribution in [0.25, 0.3) is 6.08 Å². The van der Waals surface area contributed by atoms with Crippen LogP contribution in [0, 0.1) is 18.5 Å². The van der Waals surface area contributed by atoms with Crippen molar-refractivity contribution in [1.82, 2.24) is 5.32 Å². The predicted octanol–water partition coefficient (Wildman–Crippen LogP) is 6.10. The van der Waals surface area contributed by atoms with Crippen LogP contribution in [0.4, 0.5) is 10.5 Å². The summed E-state index contributed by atoms with van der Waals surface area (Å²) in [6, 6.07) is 19.2. The predicted molar refractivity (Wildman–Crippen MR) is 143 cm³/mol. The molecule has 1 N–H and O–H groups in total. The number of nitrogens with zero attached hydrogens (tertiary/aromatic N) is 2. The fraction of sp³-hybridized carbons (Fsp3) is 0.0417. The van der Waals surface area contributed by atoms with Crippen LogP contribution in [-0.4, -0.2) is 11.9 Å². The highest BCUT2D eigenvalue weighted by atomic mass is 127. The third kappa shape index (κ3) is 5.15. The molecule has 1 saturated heterocycles. The molecule has 0 aromatic heterocycles. The Morgan fingerprint density at radius 2 is 1.88 bits per heavy atom. The van der Waals surface area contributed by atoms with Crippen LogP contribution in [-0.2, 0) is 11.4 Å². The van der Waals surface area contributed by atoms with Gasteiger partial charge in [0.25, 0.3) is 5.91 Å². The van der Waals surface area contributed by atoms with Gasteiger partial charge in [-0.25, -0.2) is 9.69 Å². The van der Waals surface area contributed by atoms with Crippen molar-refractivity contribution in [3.05, 3.63) is 95.2 Å². The van der Waals surface area contributed by atoms with Crippen LogP contribution >= 0.6 is 56.8 Å². The van der Waals surface area contributed by atoms with Crippen LogP contribution in [0.1, 0.15) is 16.7 Å². The Kier molecular flexibility index (Phi) is 7.21. The summed E-state index contributed by atoms with van der Waals surface area (Å²) >= 11 is 10.4. The number of nitriles is 1. The minimum atomic E-state index is -0.556. The smallest absolute Gasteiger partial charge is 0.333 e. The molecule has 0 radical (unpaired) electrons. The highest BCUT2D eigenvalue weighted by molar-refractivity contribution is 14.1. The summed E-state index contributed by atoms with van der Waals surface area (Å²) in [5.41, 5.74) is 2.44. The molecule has 3 amide bonds. The summed E-state index contributed by atoms with van der Waals surface area (Å²) in [6.07, 6.45) is 1.60. The lowest BCUT2D eigenvalue weighted by Gasteiger charge is -2.14. The average Bonchev–Trinajstić information content (AvgIpc) is 3.06. The number of carbonyl (C=O) groups excluding carboxylic acids is 2. The van der Waals surface area contributed by atoms with Gasteiger partial charge >= 0.3 is 6.03 Å². The Balaban J connectivity index is 1.67. The highest BCUT2D eigenvalue weighted by Gasteiger charge is 2.35. The number of ether oxygens (including phenoxy) is 1. The first-order valence-electron chi connectivity index (χ1n) is 9.60. The van der Waals surface area contributed by atoms with E-state index in [-0.39, 0.29) is 12.3 Å². The van der Waals surface area contributed by atoms with Gasteiger partial charge in [-0.3, -0.25) is 4.79 Å². The van der Waals surface area contributed by atoms with Gasteiger partial charge in [0.2, 0.25) is 0 Å². The van der Waals surface area contributed by atoms with Gasteiger partial charge in [-0.05, 0) is 87.7 Å². The van der Waals surface area contributed by atoms with E-state index < -0.39 is 11.9 Å². The molecule has 1 fully saturated rings. The van der Waals surface area contributed by atoms with E-state index >= 15 is 0 Å². The van der Waals surface area contributed by atoms with E-state index in [1.54, 1.807) is 42.5 Å². The molecule has 0 unspecified atom stereocenters. The molecule has 9 heteroatoms. The second-order valence-corrected chi connectivity index (χ2v) is 9.82. The molecular formula is C24H14ClI2N3O3. The molecule has 3 aromatic carbocycles. The van der Waals surface area contributed by atoms with Crippen molar-refractivity contribution in [2.45, 2.75) is 6.61 Å². The zero-order valence-corrected chi connectivity index (χ0v) is 21.9. The summed E-state index contributed by atoms with van der Waals surface area (Å²) in [7, 11) is 0. The monoisotopic (exact) mass is 681 g/mol. The molecule has 0 atom stereocenters. The van der Waals surface area contributed by atoms with Crippen LogP contribution in [0.3, 0.4) is 0 Å². The molecule has 6 nitrogen and oxygen atoms in total. The molecular weight excluding hydrogens is 668 g/mol. The molecule has 1 aliphatic rings. The van der Waals surface area contributed by atoms with E-state index in [2.05, 4.69) is 56.6 Å². The number of rotatable bonds is 5. The number of hydrogen-bond donors (Lipinski definition) is 1. The molecule has 0 spiro atoms. The van der Waals surface area contributed by atoms with Gasteiger partial charge in [-0.2, -0.15) is 5.26 Å². The van der Waals surface area contributed by atoms with Crippen molar-refractivity contribution in [1.29, 1.82) is 5.26 Å². The van der Waals surface area contributed by atoms with Crippen molar-refractivity contribution in [3.8, 4) is 11.8 Å². The standard InChI is InChI=1S/C24H14ClI2N3O3/c25-17-6-3-7-19(10-17)30-23(31)21(29-24(30)32)9-16-8-18(26)11-20(27)22(16)33-13-15-5-2-1-4-14(15)12-28/h1-11H,13H2,(H,29,32)/b21-9+. The number of benzene rings is 3. The minimum absolute atomic E-state index is 0.125. The topological polar surface area (TPSA) is 82.4 Å². The Hall–Kier alpha value is -2.62. The van der Waals surface area contributed by atoms with Crippen LogP contribution < -0.4 is 15.0 Å². The van der Waals surface area contributed by atoms with Crippen molar-refractivity contribution >= 4 is 80.5 Å². The molecule has 0 saturated carbocycles. The Labute approximate surface area is 222 Å². The van der Waals surface area contributed by atoms with Gasteiger partial charge in [0.15, 0.2) is 0 Å². The first kappa shape index (κ1) is 23.5. The highest BCUT2D eigenvalue weighted by Crippen LogP contribution is 2.32. The molecule has 3 aromatic rings. The number of amides is 3. The number of urea groups is 1. The van der Waals surface area contributed by atoms with Crippen LogP contribution in [0.15, 0.2) is 66.4 Å². The average molecular weight is 682 g/mol. The first-order chi connectivity index (χ1) is 15.9. The molecule has 164 valence electrons. The Morgan fingerprint density at radius 3 is 2.64 bits per heavy atom. The van der Waals surface area contributed by atoms with Gasteiger partial charge in [0, 0.05) is 19.7 Å². The van der Waals surface area contributed by atoms with Crippen LogP contribution in [0.5, 0.6) is 5.75 Å². The maximum absolute atomic E-state index is 13.0. The number of imide groups is 1. The molecule has 33 heavy (non-hydrogen) atoms. The van der Waals surface area contributed by atoms with E-state index in [0.717, 1.165) is 17.6 Å². The Bertz CT molecular complexity index is 1350.